The van der Waals surface area contributed by atoms with Gasteiger partial charge in [0.2, 0.25) is 11.8 Å². The number of hydrogen-bond donors (Lipinski definition) is 0. The Morgan fingerprint density at radius 3 is 2.12 bits per heavy atom. The molecule has 7 heteroatoms. The van der Waals surface area contributed by atoms with Crippen molar-refractivity contribution in [2.45, 2.75) is 46.5 Å². The normalized spacial score (nSPS) is 14.5. The second-order valence-corrected chi connectivity index (χ2v) is 6.03. The lowest BCUT2D eigenvalue weighted by molar-refractivity contribution is -0.134. The summed E-state index contributed by atoms with van der Waals surface area (Å²) in [6.45, 7) is 9.03. The molecule has 1 aliphatic heterocycles. The van der Waals surface area contributed by atoms with Crippen molar-refractivity contribution < 1.29 is 19.1 Å². The number of piperazine rings is 1. The zero-order valence-corrected chi connectivity index (χ0v) is 15.3. The summed E-state index contributed by atoms with van der Waals surface area (Å²) < 4.78 is 4.97. The minimum atomic E-state index is -0.316. The van der Waals surface area contributed by atoms with E-state index in [1.165, 1.54) is 0 Å². The first-order chi connectivity index (χ1) is 11.5. The van der Waals surface area contributed by atoms with Gasteiger partial charge in [0, 0.05) is 52.6 Å². The van der Waals surface area contributed by atoms with Crippen molar-refractivity contribution in [3.8, 4) is 0 Å². The Kier molecular flexibility index (Phi) is 9.19. The Labute approximate surface area is 144 Å². The highest BCUT2D eigenvalue weighted by Crippen LogP contribution is 2.07. The first-order valence-electron chi connectivity index (χ1n) is 8.94. The van der Waals surface area contributed by atoms with Crippen LogP contribution in [0, 0.1) is 0 Å². The average Bonchev–Trinajstić information content (AvgIpc) is 2.57. The molecule has 1 aliphatic rings. The van der Waals surface area contributed by atoms with Gasteiger partial charge in [-0.05, 0) is 13.3 Å². The Bertz CT molecular complexity index is 420. The summed E-state index contributed by atoms with van der Waals surface area (Å²) >= 11 is 0. The average molecular weight is 341 g/mol. The maximum absolute atomic E-state index is 12.3. The van der Waals surface area contributed by atoms with E-state index in [-0.39, 0.29) is 17.9 Å². The predicted octanol–water partition coefficient (Wildman–Crippen LogP) is 1.72. The second kappa shape index (κ2) is 10.9. The third kappa shape index (κ3) is 6.76. The van der Waals surface area contributed by atoms with E-state index in [1.807, 2.05) is 0 Å². The van der Waals surface area contributed by atoms with Gasteiger partial charge in [-0.1, -0.05) is 19.8 Å². The van der Waals surface area contributed by atoms with Crippen LogP contribution in [0.1, 0.15) is 46.5 Å². The molecule has 0 atom stereocenters. The highest BCUT2D eigenvalue weighted by molar-refractivity contribution is 5.78. The second-order valence-electron chi connectivity index (χ2n) is 6.03. The van der Waals surface area contributed by atoms with Crippen LogP contribution in [0.3, 0.4) is 0 Å². The van der Waals surface area contributed by atoms with Gasteiger partial charge in [-0.3, -0.25) is 9.59 Å². The monoisotopic (exact) mass is 341 g/mol. The standard InChI is InChI=1S/C17H31N3O4/c1-4-6-7-9-18(15(3)21)10-8-16(22)19-11-13-20(14-12-19)17(23)24-5-2/h4-14H2,1-3H3. The highest BCUT2D eigenvalue weighted by Gasteiger charge is 2.25. The molecule has 0 N–H and O–H groups in total. The summed E-state index contributed by atoms with van der Waals surface area (Å²) in [5.74, 6) is 0.0614. The Hall–Kier alpha value is -1.79. The summed E-state index contributed by atoms with van der Waals surface area (Å²) in [6, 6.07) is 0. The van der Waals surface area contributed by atoms with Gasteiger partial charge in [0.1, 0.15) is 0 Å². The summed E-state index contributed by atoms with van der Waals surface area (Å²) in [6.07, 6.45) is 3.19. The molecule has 0 aromatic rings. The summed E-state index contributed by atoms with van der Waals surface area (Å²) in [7, 11) is 0. The number of rotatable bonds is 8. The molecule has 1 heterocycles. The number of hydrogen-bond acceptors (Lipinski definition) is 4. The third-order valence-electron chi connectivity index (χ3n) is 4.23. The van der Waals surface area contributed by atoms with Gasteiger partial charge in [0.05, 0.1) is 6.61 Å². The van der Waals surface area contributed by atoms with Crippen LogP contribution in [-0.4, -0.2) is 78.5 Å². The molecule has 0 saturated carbocycles. The number of carbonyl (C=O) groups excluding carboxylic acids is 3. The van der Waals surface area contributed by atoms with E-state index in [1.54, 1.807) is 28.5 Å². The van der Waals surface area contributed by atoms with E-state index >= 15 is 0 Å². The van der Waals surface area contributed by atoms with Gasteiger partial charge in [0.15, 0.2) is 0 Å². The molecule has 1 fully saturated rings. The molecule has 24 heavy (non-hydrogen) atoms. The van der Waals surface area contributed by atoms with E-state index in [0.717, 1.165) is 19.3 Å². The SMILES string of the molecule is CCCCCN(CCC(=O)N1CCN(C(=O)OCC)CC1)C(C)=O. The van der Waals surface area contributed by atoms with Crippen LogP contribution < -0.4 is 0 Å². The molecule has 0 spiro atoms. The lowest BCUT2D eigenvalue weighted by Crippen LogP contribution is -2.51. The fourth-order valence-electron chi connectivity index (χ4n) is 2.72. The molecule has 0 aromatic heterocycles. The van der Waals surface area contributed by atoms with Crippen molar-refractivity contribution in [3.63, 3.8) is 0 Å². The minimum absolute atomic E-state index is 0.0195. The van der Waals surface area contributed by atoms with Crippen LogP contribution in [0.25, 0.3) is 0 Å². The molecule has 3 amide bonds. The molecule has 1 rings (SSSR count). The van der Waals surface area contributed by atoms with Gasteiger partial charge >= 0.3 is 6.09 Å². The lowest BCUT2D eigenvalue weighted by atomic mass is 10.2. The van der Waals surface area contributed by atoms with Crippen LogP contribution in [0.5, 0.6) is 0 Å². The molecule has 0 aliphatic carbocycles. The molecule has 138 valence electrons. The molecule has 0 aromatic carbocycles. The topological polar surface area (TPSA) is 70.2 Å². The van der Waals surface area contributed by atoms with Crippen LogP contribution >= 0.6 is 0 Å². The quantitative estimate of drug-likeness (QED) is 0.630. The van der Waals surface area contributed by atoms with Crippen LogP contribution in [0.2, 0.25) is 0 Å². The van der Waals surface area contributed by atoms with Gasteiger partial charge < -0.3 is 19.4 Å². The van der Waals surface area contributed by atoms with Crippen molar-refractivity contribution in [3.05, 3.63) is 0 Å². The number of nitrogens with zero attached hydrogens (tertiary/aromatic N) is 3. The minimum Gasteiger partial charge on any atom is -0.450 e. The smallest absolute Gasteiger partial charge is 0.409 e. The predicted molar refractivity (Wildman–Crippen MR) is 91.6 cm³/mol. The summed E-state index contributed by atoms with van der Waals surface area (Å²) in [4.78, 5) is 40.7. The maximum atomic E-state index is 12.3. The van der Waals surface area contributed by atoms with Crippen LogP contribution in [0.4, 0.5) is 4.79 Å². The Balaban J connectivity index is 2.34. The first-order valence-corrected chi connectivity index (χ1v) is 8.94. The lowest BCUT2D eigenvalue weighted by Gasteiger charge is -2.34. The van der Waals surface area contributed by atoms with E-state index in [9.17, 15) is 14.4 Å². The van der Waals surface area contributed by atoms with Crippen molar-refractivity contribution >= 4 is 17.9 Å². The van der Waals surface area contributed by atoms with E-state index < -0.39 is 0 Å². The number of amides is 3. The van der Waals surface area contributed by atoms with E-state index in [2.05, 4.69) is 6.92 Å². The third-order valence-corrected chi connectivity index (χ3v) is 4.23. The van der Waals surface area contributed by atoms with Crippen molar-refractivity contribution in [1.82, 2.24) is 14.7 Å². The van der Waals surface area contributed by atoms with Crippen molar-refractivity contribution in [2.24, 2.45) is 0 Å². The fraction of sp³-hybridized carbons (Fsp3) is 0.824. The molecule has 7 nitrogen and oxygen atoms in total. The van der Waals surface area contributed by atoms with Gasteiger partial charge in [0.25, 0.3) is 0 Å². The van der Waals surface area contributed by atoms with Crippen LogP contribution in [0.15, 0.2) is 0 Å². The number of carbonyl (C=O) groups is 3. The largest absolute Gasteiger partial charge is 0.450 e. The molecule has 0 bridgehead atoms. The van der Waals surface area contributed by atoms with Gasteiger partial charge in [-0.2, -0.15) is 0 Å². The number of unbranched alkanes of at least 4 members (excludes halogenated alkanes) is 2. The Morgan fingerprint density at radius 1 is 0.958 bits per heavy atom. The summed E-state index contributed by atoms with van der Waals surface area (Å²) in [5, 5.41) is 0. The molecule has 0 unspecified atom stereocenters. The highest BCUT2D eigenvalue weighted by atomic mass is 16.6. The van der Waals surface area contributed by atoms with Gasteiger partial charge in [-0.25, -0.2) is 4.79 Å². The van der Waals surface area contributed by atoms with Crippen molar-refractivity contribution in [1.29, 1.82) is 0 Å². The van der Waals surface area contributed by atoms with E-state index in [4.69, 9.17) is 4.74 Å². The first kappa shape index (κ1) is 20.3. The fourth-order valence-corrected chi connectivity index (χ4v) is 2.72. The molecule has 0 radical (unpaired) electrons. The zero-order valence-electron chi connectivity index (χ0n) is 15.3. The van der Waals surface area contributed by atoms with Gasteiger partial charge in [-0.15, -0.1) is 0 Å². The van der Waals surface area contributed by atoms with E-state index in [0.29, 0.717) is 52.3 Å². The molecular weight excluding hydrogens is 310 g/mol. The molecule has 1 saturated heterocycles. The van der Waals surface area contributed by atoms with Crippen LogP contribution in [-0.2, 0) is 14.3 Å². The maximum Gasteiger partial charge on any atom is 0.409 e. The zero-order chi connectivity index (χ0) is 17.9. The summed E-state index contributed by atoms with van der Waals surface area (Å²) in [5.41, 5.74) is 0. The Morgan fingerprint density at radius 2 is 1.58 bits per heavy atom. The van der Waals surface area contributed by atoms with Crippen molar-refractivity contribution in [2.75, 3.05) is 45.9 Å². The molecular formula is C17H31N3O4. The number of ether oxygens (including phenoxy) is 1.